The Hall–Kier alpha value is -2.36. The third kappa shape index (κ3) is 7.16. The lowest BCUT2D eigenvalue weighted by Crippen LogP contribution is -2.19. The molecule has 0 spiro atoms. The Morgan fingerprint density at radius 2 is 1.73 bits per heavy atom. The molecule has 2 aromatic carbocycles. The summed E-state index contributed by atoms with van der Waals surface area (Å²) in [7, 11) is 3.98. The Kier molecular flexibility index (Phi) is 8.30. The first-order valence-electron chi connectivity index (χ1n) is 9.23. The molecule has 6 nitrogen and oxygen atoms in total. The van der Waals surface area contributed by atoms with Crippen LogP contribution in [0.2, 0.25) is 0 Å². The summed E-state index contributed by atoms with van der Waals surface area (Å²) < 4.78 is 1.68. The average Bonchev–Trinajstić information content (AvgIpc) is 3.20. The van der Waals surface area contributed by atoms with Crippen LogP contribution >= 0.6 is 34.9 Å². The monoisotopic (exact) mass is 457 g/mol. The Bertz CT molecular complexity index is 985. The molecule has 0 fully saturated rings. The van der Waals surface area contributed by atoms with Crippen LogP contribution in [-0.2, 0) is 10.5 Å². The second-order valence-corrected chi connectivity index (χ2v) is 10.1. The van der Waals surface area contributed by atoms with Crippen molar-refractivity contribution < 1.29 is 4.79 Å². The highest BCUT2D eigenvalue weighted by Crippen LogP contribution is 2.30. The lowest BCUT2D eigenvalue weighted by Gasteiger charge is -2.11. The van der Waals surface area contributed by atoms with Gasteiger partial charge in [0.2, 0.25) is 0 Å². The van der Waals surface area contributed by atoms with Crippen molar-refractivity contribution in [2.45, 2.75) is 21.4 Å². The van der Waals surface area contributed by atoms with Crippen molar-refractivity contribution in [3.05, 3.63) is 65.2 Å². The van der Waals surface area contributed by atoms with Gasteiger partial charge in [0.1, 0.15) is 0 Å². The van der Waals surface area contributed by atoms with Gasteiger partial charge in [0, 0.05) is 25.5 Å². The molecule has 156 valence electrons. The Labute approximate surface area is 189 Å². The molecule has 30 heavy (non-hydrogen) atoms. The summed E-state index contributed by atoms with van der Waals surface area (Å²) in [6.07, 6.45) is 1.63. The molecule has 0 saturated carbocycles. The van der Waals surface area contributed by atoms with Crippen LogP contribution in [0.25, 0.3) is 0 Å². The molecule has 0 bridgehead atoms. The molecule has 0 saturated heterocycles. The van der Waals surface area contributed by atoms with E-state index in [2.05, 4.69) is 51.9 Å². The van der Waals surface area contributed by atoms with Crippen LogP contribution in [0.15, 0.2) is 62.3 Å². The number of anilines is 1. The standard InChI is InChI=1S/C21H23N5OS3/c1-15-4-6-17(7-5-15)13-28-20-24-25-21(30-20)29-14-19(27)23-22-12-16-8-10-18(11-9-16)26(2)3/h4-12H,13-14H2,1-3H3,(H,23,27)/b22-12+. The molecule has 0 unspecified atom stereocenters. The normalized spacial score (nSPS) is 11.0. The van der Waals surface area contributed by atoms with Crippen molar-refractivity contribution in [2.24, 2.45) is 5.10 Å². The minimum Gasteiger partial charge on any atom is -0.378 e. The van der Waals surface area contributed by atoms with Gasteiger partial charge in [-0.05, 0) is 30.2 Å². The van der Waals surface area contributed by atoms with Gasteiger partial charge in [-0.2, -0.15) is 5.10 Å². The molecule has 0 aliphatic rings. The average molecular weight is 458 g/mol. The predicted octanol–water partition coefficient (Wildman–Crippen LogP) is 4.45. The Balaban J connectivity index is 1.39. The summed E-state index contributed by atoms with van der Waals surface area (Å²) in [5, 5.41) is 12.4. The number of hydrogen-bond donors (Lipinski definition) is 1. The van der Waals surface area contributed by atoms with E-state index < -0.39 is 0 Å². The van der Waals surface area contributed by atoms with Gasteiger partial charge in [0.15, 0.2) is 8.68 Å². The molecule has 3 rings (SSSR count). The maximum absolute atomic E-state index is 12.0. The fourth-order valence-electron chi connectivity index (χ4n) is 2.34. The van der Waals surface area contributed by atoms with Crippen molar-refractivity contribution >= 4 is 52.7 Å². The summed E-state index contributed by atoms with van der Waals surface area (Å²) in [6, 6.07) is 16.4. The summed E-state index contributed by atoms with van der Waals surface area (Å²) in [5.41, 5.74) is 7.09. The maximum atomic E-state index is 12.0. The van der Waals surface area contributed by atoms with Crippen LogP contribution in [0.3, 0.4) is 0 Å². The Morgan fingerprint density at radius 1 is 1.07 bits per heavy atom. The molecule has 0 atom stereocenters. The van der Waals surface area contributed by atoms with Crippen molar-refractivity contribution in [2.75, 3.05) is 24.7 Å². The first-order chi connectivity index (χ1) is 14.5. The molecular formula is C21H23N5OS3. The van der Waals surface area contributed by atoms with Gasteiger partial charge in [-0.25, -0.2) is 5.43 Å². The quantitative estimate of drug-likeness (QED) is 0.291. The van der Waals surface area contributed by atoms with Crippen molar-refractivity contribution in [1.29, 1.82) is 0 Å². The topological polar surface area (TPSA) is 70.5 Å². The van der Waals surface area contributed by atoms with Crippen molar-refractivity contribution in [3.8, 4) is 0 Å². The highest BCUT2D eigenvalue weighted by molar-refractivity contribution is 8.03. The van der Waals surface area contributed by atoms with Gasteiger partial charge in [-0.3, -0.25) is 4.79 Å². The van der Waals surface area contributed by atoms with Gasteiger partial charge in [-0.1, -0.05) is 76.8 Å². The molecule has 3 aromatic rings. The number of hydrazone groups is 1. The number of rotatable bonds is 9. The van der Waals surface area contributed by atoms with Gasteiger partial charge in [-0.15, -0.1) is 10.2 Å². The largest absolute Gasteiger partial charge is 0.378 e. The summed E-state index contributed by atoms with van der Waals surface area (Å²) in [6.45, 7) is 2.08. The zero-order valence-corrected chi connectivity index (χ0v) is 19.5. The Morgan fingerprint density at radius 3 is 2.40 bits per heavy atom. The van der Waals surface area contributed by atoms with Gasteiger partial charge in [0.05, 0.1) is 12.0 Å². The molecule has 1 amide bonds. The van der Waals surface area contributed by atoms with E-state index >= 15 is 0 Å². The SMILES string of the molecule is Cc1ccc(CSc2nnc(SCC(=O)N/N=C/c3ccc(N(C)C)cc3)s2)cc1. The van der Waals surface area contributed by atoms with E-state index in [1.54, 1.807) is 18.0 Å². The first kappa shape index (κ1) is 22.3. The third-order valence-corrected chi connectivity index (χ3v) is 7.27. The van der Waals surface area contributed by atoms with Crippen molar-refractivity contribution in [1.82, 2.24) is 15.6 Å². The van der Waals surface area contributed by atoms with Gasteiger partial charge < -0.3 is 4.90 Å². The van der Waals surface area contributed by atoms with Crippen LogP contribution in [0.4, 0.5) is 5.69 Å². The first-order valence-corrected chi connectivity index (χ1v) is 12.0. The number of benzene rings is 2. The number of carbonyl (C=O) groups excluding carboxylic acids is 1. The van der Waals surface area contributed by atoms with E-state index in [9.17, 15) is 4.79 Å². The molecule has 1 aromatic heterocycles. The number of carbonyl (C=O) groups is 1. The van der Waals surface area contributed by atoms with Crippen LogP contribution in [0.1, 0.15) is 16.7 Å². The smallest absolute Gasteiger partial charge is 0.250 e. The zero-order chi connectivity index (χ0) is 21.3. The molecule has 9 heteroatoms. The summed E-state index contributed by atoms with van der Waals surface area (Å²) >= 11 is 4.52. The van der Waals surface area contributed by atoms with E-state index in [0.29, 0.717) is 0 Å². The van der Waals surface area contributed by atoms with Crippen LogP contribution in [-0.4, -0.2) is 42.2 Å². The van der Waals surface area contributed by atoms with Crippen molar-refractivity contribution in [3.63, 3.8) is 0 Å². The fourth-order valence-corrected chi connectivity index (χ4v) is 5.11. The molecule has 0 radical (unpaired) electrons. The van der Waals surface area contributed by atoms with E-state index in [-0.39, 0.29) is 11.7 Å². The molecular weight excluding hydrogens is 434 g/mol. The highest BCUT2D eigenvalue weighted by Gasteiger charge is 2.08. The number of amides is 1. The zero-order valence-electron chi connectivity index (χ0n) is 17.0. The fraction of sp³-hybridized carbons (Fsp3) is 0.238. The highest BCUT2D eigenvalue weighted by atomic mass is 32.2. The number of nitrogens with zero attached hydrogens (tertiary/aromatic N) is 4. The van der Waals surface area contributed by atoms with E-state index in [1.807, 2.05) is 43.3 Å². The number of hydrogen-bond acceptors (Lipinski definition) is 8. The number of nitrogens with one attached hydrogen (secondary N) is 1. The predicted molar refractivity (Wildman–Crippen MR) is 128 cm³/mol. The summed E-state index contributed by atoms with van der Waals surface area (Å²) in [5.74, 6) is 0.920. The minimum atomic E-state index is -0.176. The molecule has 1 N–H and O–H groups in total. The minimum absolute atomic E-state index is 0.176. The summed E-state index contributed by atoms with van der Waals surface area (Å²) in [4.78, 5) is 14.0. The second-order valence-electron chi connectivity index (χ2n) is 6.68. The number of aromatic nitrogens is 2. The number of thioether (sulfide) groups is 2. The lowest BCUT2D eigenvalue weighted by molar-refractivity contribution is -0.118. The molecule has 0 aliphatic heterocycles. The third-order valence-electron chi connectivity index (χ3n) is 4.01. The lowest BCUT2D eigenvalue weighted by atomic mass is 10.2. The van der Waals surface area contributed by atoms with Crippen LogP contribution < -0.4 is 10.3 Å². The van der Waals surface area contributed by atoms with Crippen LogP contribution in [0, 0.1) is 6.92 Å². The van der Waals surface area contributed by atoms with Gasteiger partial charge in [0.25, 0.3) is 5.91 Å². The van der Waals surface area contributed by atoms with E-state index in [0.717, 1.165) is 25.7 Å². The molecule has 1 heterocycles. The van der Waals surface area contributed by atoms with Crippen LogP contribution in [0.5, 0.6) is 0 Å². The number of aryl methyl sites for hydroxylation is 1. The van der Waals surface area contributed by atoms with Gasteiger partial charge >= 0.3 is 0 Å². The molecule has 0 aliphatic carbocycles. The van der Waals surface area contributed by atoms with E-state index in [4.69, 9.17) is 0 Å². The van der Waals surface area contributed by atoms with E-state index in [1.165, 1.54) is 34.2 Å². The second kappa shape index (κ2) is 11.1. The maximum Gasteiger partial charge on any atom is 0.250 e.